The lowest BCUT2D eigenvalue weighted by Gasteiger charge is -2.51. The molecular weight excluding hydrogens is 390 g/mol. The first-order valence-electron chi connectivity index (χ1n) is 10.1. The van der Waals surface area contributed by atoms with Crippen LogP contribution in [0.1, 0.15) is 52.0 Å². The summed E-state index contributed by atoms with van der Waals surface area (Å²) in [7, 11) is 0. The van der Waals surface area contributed by atoms with Gasteiger partial charge in [-0.05, 0) is 65.5 Å². The molecule has 7 heteroatoms. The van der Waals surface area contributed by atoms with Crippen molar-refractivity contribution >= 4 is 23.8 Å². The molecule has 0 aromatic heterocycles. The molecule has 1 N–H and O–H groups in total. The number of amides is 1. The Morgan fingerprint density at radius 3 is 2.34 bits per heavy atom. The van der Waals surface area contributed by atoms with Crippen LogP contribution < -0.4 is 5.32 Å². The zero-order valence-electron chi connectivity index (χ0n) is 17.7. The topological polar surface area (TPSA) is 73.9 Å². The lowest BCUT2D eigenvalue weighted by Crippen LogP contribution is -2.65. The van der Waals surface area contributed by atoms with Crippen molar-refractivity contribution in [2.24, 2.45) is 0 Å². The quantitative estimate of drug-likeness (QED) is 0.421. The molecule has 0 spiro atoms. The van der Waals surface area contributed by atoms with E-state index in [1.54, 1.807) is 11.8 Å². The SMILES string of the molecule is Cc1ccc(SCCOC(=O)C23CCC(NC(=O)OC(C)(C)C)(CC2)CO3)cc1. The maximum atomic E-state index is 12.7. The number of hydrogen-bond donors (Lipinski definition) is 1. The van der Waals surface area contributed by atoms with E-state index < -0.39 is 22.8 Å². The van der Waals surface area contributed by atoms with Crippen molar-refractivity contribution in [2.45, 2.75) is 75.0 Å². The fourth-order valence-electron chi connectivity index (χ4n) is 3.70. The minimum absolute atomic E-state index is 0.285. The van der Waals surface area contributed by atoms with E-state index in [9.17, 15) is 9.59 Å². The van der Waals surface area contributed by atoms with Gasteiger partial charge < -0.3 is 19.5 Å². The fourth-order valence-corrected chi connectivity index (χ4v) is 4.43. The summed E-state index contributed by atoms with van der Waals surface area (Å²) >= 11 is 1.67. The molecule has 29 heavy (non-hydrogen) atoms. The molecule has 0 unspecified atom stereocenters. The van der Waals surface area contributed by atoms with Crippen LogP contribution in [-0.2, 0) is 19.0 Å². The maximum absolute atomic E-state index is 12.7. The summed E-state index contributed by atoms with van der Waals surface area (Å²) in [4.78, 5) is 26.0. The normalized spacial score (nSPS) is 26.1. The zero-order chi connectivity index (χ0) is 21.1. The Kier molecular flexibility index (Phi) is 6.48. The van der Waals surface area contributed by atoms with Crippen LogP contribution in [0, 0.1) is 6.92 Å². The van der Waals surface area contributed by atoms with Gasteiger partial charge in [-0.25, -0.2) is 9.59 Å². The Morgan fingerprint density at radius 1 is 1.14 bits per heavy atom. The molecule has 2 aliphatic heterocycles. The van der Waals surface area contributed by atoms with Crippen molar-refractivity contribution in [3.8, 4) is 0 Å². The molecule has 1 aromatic carbocycles. The van der Waals surface area contributed by atoms with Gasteiger partial charge in [-0.15, -0.1) is 11.8 Å². The third kappa shape index (κ3) is 5.66. The molecule has 6 nitrogen and oxygen atoms in total. The van der Waals surface area contributed by atoms with E-state index in [0.717, 1.165) is 4.90 Å². The van der Waals surface area contributed by atoms with Crippen LogP contribution in [0.25, 0.3) is 0 Å². The van der Waals surface area contributed by atoms with E-state index in [1.807, 2.05) is 20.8 Å². The van der Waals surface area contributed by atoms with Crippen molar-refractivity contribution in [1.29, 1.82) is 0 Å². The molecule has 3 fully saturated rings. The average Bonchev–Trinajstić information content (AvgIpc) is 2.66. The van der Waals surface area contributed by atoms with Gasteiger partial charge in [0, 0.05) is 10.6 Å². The summed E-state index contributed by atoms with van der Waals surface area (Å²) in [5.74, 6) is 0.419. The lowest BCUT2D eigenvalue weighted by atomic mass is 9.71. The van der Waals surface area contributed by atoms with Crippen LogP contribution >= 0.6 is 11.8 Å². The molecule has 0 atom stereocenters. The number of carbonyl (C=O) groups is 2. The Hall–Kier alpha value is -1.73. The van der Waals surface area contributed by atoms with Gasteiger partial charge in [-0.1, -0.05) is 17.7 Å². The van der Waals surface area contributed by atoms with Gasteiger partial charge in [0.2, 0.25) is 0 Å². The number of carbonyl (C=O) groups excluding carboxylic acids is 2. The number of esters is 1. The molecule has 160 valence electrons. The van der Waals surface area contributed by atoms with Crippen LogP contribution in [0.3, 0.4) is 0 Å². The number of thioether (sulfide) groups is 1. The monoisotopic (exact) mass is 421 g/mol. The summed E-state index contributed by atoms with van der Waals surface area (Å²) in [5.41, 5.74) is -0.643. The van der Waals surface area contributed by atoms with Gasteiger partial charge in [-0.2, -0.15) is 0 Å². The van der Waals surface area contributed by atoms with Crippen LogP contribution in [0.2, 0.25) is 0 Å². The van der Waals surface area contributed by atoms with E-state index >= 15 is 0 Å². The number of benzene rings is 1. The first-order valence-corrected chi connectivity index (χ1v) is 11.1. The number of ether oxygens (including phenoxy) is 3. The molecule has 0 radical (unpaired) electrons. The lowest BCUT2D eigenvalue weighted by molar-refractivity contribution is -0.201. The number of alkyl carbamates (subject to hydrolysis) is 1. The predicted molar refractivity (Wildman–Crippen MR) is 112 cm³/mol. The third-order valence-corrected chi connectivity index (χ3v) is 6.36. The van der Waals surface area contributed by atoms with Gasteiger partial charge in [0.1, 0.15) is 12.2 Å². The van der Waals surface area contributed by atoms with Gasteiger partial charge >= 0.3 is 12.1 Å². The van der Waals surface area contributed by atoms with E-state index in [1.165, 1.54) is 5.56 Å². The molecule has 2 bridgehead atoms. The summed E-state index contributed by atoms with van der Waals surface area (Å²) in [6, 6.07) is 8.29. The van der Waals surface area contributed by atoms with Crippen molar-refractivity contribution in [2.75, 3.05) is 19.0 Å². The Bertz CT molecular complexity index is 716. The summed E-state index contributed by atoms with van der Waals surface area (Å²) < 4.78 is 16.8. The number of nitrogens with one attached hydrogen (secondary N) is 1. The summed E-state index contributed by atoms with van der Waals surface area (Å²) in [6.07, 6.45) is 2.02. The van der Waals surface area contributed by atoms with Crippen molar-refractivity contribution in [1.82, 2.24) is 5.32 Å². The molecular formula is C22H31NO5S. The number of aryl methyl sites for hydroxylation is 1. The highest BCUT2D eigenvalue weighted by Gasteiger charge is 2.55. The Balaban J connectivity index is 1.44. The van der Waals surface area contributed by atoms with Crippen LogP contribution in [0.15, 0.2) is 29.2 Å². The molecule has 2 heterocycles. The average molecular weight is 422 g/mol. The smallest absolute Gasteiger partial charge is 0.408 e. The van der Waals surface area contributed by atoms with Gasteiger partial charge in [0.25, 0.3) is 0 Å². The molecule has 1 amide bonds. The second-order valence-corrected chi connectivity index (χ2v) is 10.2. The second-order valence-electron chi connectivity index (χ2n) is 8.99. The van der Waals surface area contributed by atoms with Crippen molar-refractivity contribution < 1.29 is 23.8 Å². The highest BCUT2D eigenvalue weighted by atomic mass is 32.2. The van der Waals surface area contributed by atoms with E-state index in [-0.39, 0.29) is 5.97 Å². The molecule has 4 rings (SSSR count). The molecule has 2 saturated heterocycles. The number of fused-ring (bicyclic) bond motifs is 3. The van der Waals surface area contributed by atoms with Crippen molar-refractivity contribution in [3.05, 3.63) is 29.8 Å². The second kappa shape index (κ2) is 8.56. The Morgan fingerprint density at radius 2 is 1.79 bits per heavy atom. The Labute approximate surface area is 177 Å². The first-order chi connectivity index (χ1) is 13.6. The molecule has 1 saturated carbocycles. The highest BCUT2D eigenvalue weighted by molar-refractivity contribution is 7.99. The predicted octanol–water partition coefficient (Wildman–Crippen LogP) is 4.24. The zero-order valence-corrected chi connectivity index (χ0v) is 18.5. The molecule has 1 aromatic rings. The van der Waals surface area contributed by atoms with Gasteiger partial charge in [0.05, 0.1) is 12.1 Å². The largest absolute Gasteiger partial charge is 0.463 e. The number of hydrogen-bond acceptors (Lipinski definition) is 6. The standard InChI is InChI=1S/C22H31NO5S/c1-16-5-7-17(8-6-16)29-14-13-26-18(24)22-11-9-21(10-12-22,15-27-22)23-19(25)28-20(2,3)4/h5-8H,9-15H2,1-4H3,(H,23,25). The molecule has 1 aliphatic carbocycles. The summed E-state index contributed by atoms with van der Waals surface area (Å²) in [6.45, 7) is 8.22. The number of rotatable bonds is 6. The van der Waals surface area contributed by atoms with Crippen molar-refractivity contribution in [3.63, 3.8) is 0 Å². The first kappa shape index (κ1) is 22.0. The van der Waals surface area contributed by atoms with Gasteiger partial charge in [-0.3, -0.25) is 0 Å². The summed E-state index contributed by atoms with van der Waals surface area (Å²) in [5, 5.41) is 2.97. The molecule has 3 aliphatic rings. The van der Waals surface area contributed by atoms with Crippen LogP contribution in [0.5, 0.6) is 0 Å². The minimum Gasteiger partial charge on any atom is -0.463 e. The van der Waals surface area contributed by atoms with E-state index in [0.29, 0.717) is 44.6 Å². The highest BCUT2D eigenvalue weighted by Crippen LogP contribution is 2.44. The fraction of sp³-hybridized carbons (Fsp3) is 0.636. The van der Waals surface area contributed by atoms with E-state index in [4.69, 9.17) is 14.2 Å². The van der Waals surface area contributed by atoms with Crippen LogP contribution in [-0.4, -0.2) is 47.8 Å². The maximum Gasteiger partial charge on any atom is 0.408 e. The minimum atomic E-state index is -0.869. The third-order valence-electron chi connectivity index (χ3n) is 5.38. The van der Waals surface area contributed by atoms with Crippen LogP contribution in [0.4, 0.5) is 4.79 Å². The van der Waals surface area contributed by atoms with E-state index in [2.05, 4.69) is 36.5 Å². The van der Waals surface area contributed by atoms with Gasteiger partial charge in [0.15, 0.2) is 5.60 Å².